The Kier molecular flexibility index (Phi) is 1.72. The van der Waals surface area contributed by atoms with Crippen LogP contribution in [0.1, 0.15) is 47.0 Å². The van der Waals surface area contributed by atoms with Gasteiger partial charge in [0.05, 0.1) is 11.5 Å². The van der Waals surface area contributed by atoms with Crippen LogP contribution in [0.25, 0.3) is 0 Å². The van der Waals surface area contributed by atoms with Crippen LogP contribution in [0.5, 0.6) is 0 Å². The number of rotatable bonds is 0. The summed E-state index contributed by atoms with van der Waals surface area (Å²) in [5, 5.41) is 21.5. The predicted molar refractivity (Wildman–Crippen MR) is 70.3 cm³/mol. The zero-order chi connectivity index (χ0) is 14.0. The highest BCUT2D eigenvalue weighted by atomic mass is 16.3. The van der Waals surface area contributed by atoms with Crippen LogP contribution < -0.4 is 0 Å². The van der Waals surface area contributed by atoms with E-state index in [1.807, 2.05) is 6.92 Å². The standard InChI is InChI=1S/C16H22O3/c1-8-10-11(17)13(2,3)9-7-16(9,10)12(18)14(4,19)15(8)5-6-15/h9,11,17,19H,5-7H2,1-4H3/t9-,11+,14-,16+/m0/s1. The fourth-order valence-electron chi connectivity index (χ4n) is 5.44. The molecule has 3 heteroatoms. The van der Waals surface area contributed by atoms with E-state index >= 15 is 0 Å². The van der Waals surface area contributed by atoms with Crippen LogP contribution in [0.3, 0.4) is 0 Å². The minimum absolute atomic E-state index is 0.0206. The molecule has 0 saturated heterocycles. The average Bonchev–Trinajstić information content (AvgIpc) is 3.18. The maximum absolute atomic E-state index is 12.9. The number of ketones is 1. The van der Waals surface area contributed by atoms with Crippen molar-refractivity contribution in [2.75, 3.05) is 0 Å². The van der Waals surface area contributed by atoms with E-state index in [9.17, 15) is 15.0 Å². The zero-order valence-corrected chi connectivity index (χ0v) is 12.1. The lowest BCUT2D eigenvalue weighted by Gasteiger charge is -2.43. The van der Waals surface area contributed by atoms with Crippen LogP contribution in [-0.2, 0) is 4.79 Å². The molecule has 0 radical (unpaired) electrons. The van der Waals surface area contributed by atoms with Gasteiger partial charge in [-0.2, -0.15) is 0 Å². The lowest BCUT2D eigenvalue weighted by Crippen LogP contribution is -2.54. The molecule has 4 aliphatic rings. The fourth-order valence-corrected chi connectivity index (χ4v) is 5.44. The second-order valence-electron chi connectivity index (χ2n) is 7.97. The summed E-state index contributed by atoms with van der Waals surface area (Å²) in [5.74, 6) is 0.183. The zero-order valence-electron chi connectivity index (χ0n) is 12.1. The molecular weight excluding hydrogens is 240 g/mol. The van der Waals surface area contributed by atoms with E-state index in [0.29, 0.717) is 0 Å². The van der Waals surface area contributed by atoms with Gasteiger partial charge in [0.2, 0.25) is 0 Å². The number of hydrogen-bond acceptors (Lipinski definition) is 3. The molecule has 2 spiro atoms. The molecule has 0 aromatic heterocycles. The van der Waals surface area contributed by atoms with Crippen molar-refractivity contribution in [1.29, 1.82) is 0 Å². The highest BCUT2D eigenvalue weighted by Gasteiger charge is 2.82. The van der Waals surface area contributed by atoms with Crippen molar-refractivity contribution >= 4 is 5.78 Å². The summed E-state index contributed by atoms with van der Waals surface area (Å²) in [4.78, 5) is 12.9. The first-order valence-corrected chi connectivity index (χ1v) is 7.31. The molecule has 3 saturated carbocycles. The first-order valence-electron chi connectivity index (χ1n) is 7.31. The lowest BCUT2D eigenvalue weighted by molar-refractivity contribution is -0.148. The monoisotopic (exact) mass is 262 g/mol. The van der Waals surface area contributed by atoms with Gasteiger partial charge < -0.3 is 10.2 Å². The second kappa shape index (κ2) is 2.71. The van der Waals surface area contributed by atoms with Crippen molar-refractivity contribution in [3.8, 4) is 0 Å². The molecule has 4 atom stereocenters. The van der Waals surface area contributed by atoms with Gasteiger partial charge in [-0.25, -0.2) is 0 Å². The molecule has 0 amide bonds. The maximum atomic E-state index is 12.9. The van der Waals surface area contributed by atoms with Crippen LogP contribution >= 0.6 is 0 Å². The third kappa shape index (κ3) is 0.926. The van der Waals surface area contributed by atoms with Crippen molar-refractivity contribution in [3.05, 3.63) is 11.1 Å². The Bertz CT molecular complexity index is 550. The molecular formula is C16H22O3. The largest absolute Gasteiger partial charge is 0.388 e. The third-order valence-corrected chi connectivity index (χ3v) is 6.97. The third-order valence-electron chi connectivity index (χ3n) is 6.97. The van der Waals surface area contributed by atoms with E-state index in [1.165, 1.54) is 0 Å². The summed E-state index contributed by atoms with van der Waals surface area (Å²) in [6.45, 7) is 7.84. The van der Waals surface area contributed by atoms with E-state index in [4.69, 9.17) is 0 Å². The summed E-state index contributed by atoms with van der Waals surface area (Å²) < 4.78 is 0. The van der Waals surface area contributed by atoms with Crippen LogP contribution in [-0.4, -0.2) is 27.7 Å². The fraction of sp³-hybridized carbons (Fsp3) is 0.812. The highest BCUT2D eigenvalue weighted by molar-refractivity contribution is 6.02. The smallest absolute Gasteiger partial charge is 0.175 e. The number of hydrogen-bond donors (Lipinski definition) is 2. The molecule has 0 aromatic rings. The summed E-state index contributed by atoms with van der Waals surface area (Å²) in [5.41, 5.74) is -0.323. The van der Waals surface area contributed by atoms with E-state index in [2.05, 4.69) is 13.8 Å². The number of aliphatic hydroxyl groups excluding tert-OH is 1. The molecule has 3 nitrogen and oxygen atoms in total. The van der Waals surface area contributed by atoms with Gasteiger partial charge in [0.25, 0.3) is 0 Å². The van der Waals surface area contributed by atoms with Gasteiger partial charge in [0.15, 0.2) is 5.78 Å². The van der Waals surface area contributed by atoms with Gasteiger partial charge in [-0.15, -0.1) is 0 Å². The van der Waals surface area contributed by atoms with Gasteiger partial charge in [0.1, 0.15) is 5.60 Å². The van der Waals surface area contributed by atoms with E-state index in [1.54, 1.807) is 6.92 Å². The Labute approximate surface area is 113 Å². The molecule has 4 aliphatic carbocycles. The van der Waals surface area contributed by atoms with Gasteiger partial charge in [-0.05, 0) is 50.0 Å². The number of carbonyl (C=O) groups excluding carboxylic acids is 1. The summed E-state index contributed by atoms with van der Waals surface area (Å²) in [6.07, 6.45) is 2.03. The Balaban J connectivity index is 2.01. The normalized spacial score (nSPS) is 52.2. The molecule has 3 fully saturated rings. The summed E-state index contributed by atoms with van der Waals surface area (Å²) >= 11 is 0. The second-order valence-corrected chi connectivity index (χ2v) is 7.97. The Morgan fingerprint density at radius 2 is 1.79 bits per heavy atom. The topological polar surface area (TPSA) is 57.5 Å². The van der Waals surface area contributed by atoms with Crippen LogP contribution in [0, 0.1) is 22.2 Å². The predicted octanol–water partition coefficient (Wildman–Crippen LogP) is 1.82. The van der Waals surface area contributed by atoms with Crippen molar-refractivity contribution in [1.82, 2.24) is 0 Å². The molecule has 0 aromatic carbocycles. The van der Waals surface area contributed by atoms with E-state index in [0.717, 1.165) is 30.4 Å². The molecule has 2 N–H and O–H groups in total. The molecule has 0 unspecified atom stereocenters. The van der Waals surface area contributed by atoms with Gasteiger partial charge in [-0.3, -0.25) is 4.79 Å². The summed E-state index contributed by atoms with van der Waals surface area (Å²) in [6, 6.07) is 0. The quantitative estimate of drug-likeness (QED) is 0.655. The number of Topliss-reactive ketones (excluding diaryl/α,β-unsaturated/α-hetero) is 1. The number of carbonyl (C=O) groups is 1. The molecule has 0 aliphatic heterocycles. The highest BCUT2D eigenvalue weighted by Crippen LogP contribution is 2.80. The maximum Gasteiger partial charge on any atom is 0.175 e. The molecule has 19 heavy (non-hydrogen) atoms. The van der Waals surface area contributed by atoms with Gasteiger partial charge in [0, 0.05) is 5.41 Å². The Morgan fingerprint density at radius 3 is 2.32 bits per heavy atom. The average molecular weight is 262 g/mol. The van der Waals surface area contributed by atoms with Crippen molar-refractivity contribution < 1.29 is 15.0 Å². The van der Waals surface area contributed by atoms with Crippen LogP contribution in [0.2, 0.25) is 0 Å². The van der Waals surface area contributed by atoms with Crippen molar-refractivity contribution in [2.45, 2.75) is 58.7 Å². The summed E-state index contributed by atoms with van der Waals surface area (Å²) in [7, 11) is 0. The first kappa shape index (κ1) is 12.1. The minimum Gasteiger partial charge on any atom is -0.388 e. The Morgan fingerprint density at radius 1 is 1.21 bits per heavy atom. The van der Waals surface area contributed by atoms with E-state index in [-0.39, 0.29) is 22.5 Å². The molecule has 0 bridgehead atoms. The molecule has 4 rings (SSSR count). The van der Waals surface area contributed by atoms with Crippen molar-refractivity contribution in [3.63, 3.8) is 0 Å². The molecule has 104 valence electrons. The minimum atomic E-state index is -1.24. The van der Waals surface area contributed by atoms with Crippen molar-refractivity contribution in [2.24, 2.45) is 22.2 Å². The van der Waals surface area contributed by atoms with Gasteiger partial charge in [-0.1, -0.05) is 19.4 Å². The molecule has 0 heterocycles. The lowest BCUT2D eigenvalue weighted by atomic mass is 9.63. The van der Waals surface area contributed by atoms with Crippen LogP contribution in [0.15, 0.2) is 11.1 Å². The van der Waals surface area contributed by atoms with Gasteiger partial charge >= 0.3 is 0 Å². The Hall–Kier alpha value is -0.670. The first-order chi connectivity index (χ1) is 8.64. The van der Waals surface area contributed by atoms with Crippen LogP contribution in [0.4, 0.5) is 0 Å². The SMILES string of the molecule is CC1=C2[C@@H](O)C(C)(C)[C@@H]3C[C@]23C(=O)[C@](C)(O)C12CC2. The van der Waals surface area contributed by atoms with E-state index < -0.39 is 17.1 Å². The number of aliphatic hydroxyl groups is 2.